The largest absolute Gasteiger partial charge is 0.308 e. The van der Waals surface area contributed by atoms with Gasteiger partial charge in [0.05, 0.1) is 12.8 Å². The van der Waals surface area contributed by atoms with E-state index in [2.05, 4.69) is 0 Å². The fourth-order valence-electron chi connectivity index (χ4n) is 3.43. The number of nitrogens with zero attached hydrogens (tertiary/aromatic N) is 2. The zero-order valence-corrected chi connectivity index (χ0v) is 15.9. The van der Waals surface area contributed by atoms with Gasteiger partial charge in [0.15, 0.2) is 0 Å². The molecule has 3 rings (SSSR count). The van der Waals surface area contributed by atoms with Crippen LogP contribution in [0, 0.1) is 0 Å². The molecule has 2 aromatic rings. The number of sulfonamides is 1. The quantitative estimate of drug-likeness (QED) is 0.783. The molecule has 1 aliphatic heterocycles. The van der Waals surface area contributed by atoms with Gasteiger partial charge >= 0.3 is 0 Å². The molecule has 0 saturated heterocycles. The van der Waals surface area contributed by atoms with E-state index in [1.165, 1.54) is 4.31 Å². The molecule has 1 atom stereocenters. The molecule has 1 aliphatic rings. The summed E-state index contributed by atoms with van der Waals surface area (Å²) in [6.07, 6.45) is 2.53. The number of para-hydroxylation sites is 1. The minimum Gasteiger partial charge on any atom is -0.308 e. The fourth-order valence-corrected chi connectivity index (χ4v) is 4.20. The molecular formula is C20H24N2O3S. The molecule has 0 spiro atoms. The van der Waals surface area contributed by atoms with Gasteiger partial charge in [-0.2, -0.15) is 4.31 Å². The van der Waals surface area contributed by atoms with Crippen LogP contribution >= 0.6 is 0 Å². The lowest BCUT2D eigenvalue weighted by molar-refractivity contribution is -0.119. The second-order valence-corrected chi connectivity index (χ2v) is 8.76. The van der Waals surface area contributed by atoms with Crippen LogP contribution in [0.1, 0.15) is 18.1 Å². The molecule has 0 radical (unpaired) electrons. The second-order valence-electron chi connectivity index (χ2n) is 6.78. The predicted molar refractivity (Wildman–Crippen MR) is 104 cm³/mol. The Labute approximate surface area is 155 Å². The highest BCUT2D eigenvalue weighted by Crippen LogP contribution is 2.31. The summed E-state index contributed by atoms with van der Waals surface area (Å²) >= 11 is 0. The average molecular weight is 372 g/mol. The molecule has 5 nitrogen and oxygen atoms in total. The average Bonchev–Trinajstić information content (AvgIpc) is 2.94. The Kier molecular flexibility index (Phi) is 5.44. The highest BCUT2D eigenvalue weighted by Gasteiger charge is 2.32. The number of hydrogen-bond donors (Lipinski definition) is 0. The van der Waals surface area contributed by atoms with Crippen LogP contribution in [0.2, 0.25) is 0 Å². The SMILES string of the molecule is CC1Cc2ccccc2N1C(=O)CN(CCc1ccccc1)S(C)(=O)=O. The third-order valence-corrected chi connectivity index (χ3v) is 6.00. The van der Waals surface area contributed by atoms with Crippen molar-refractivity contribution in [2.75, 3.05) is 24.2 Å². The number of carbonyl (C=O) groups excluding carboxylic acids is 1. The summed E-state index contributed by atoms with van der Waals surface area (Å²) in [6.45, 7) is 2.15. The zero-order valence-electron chi connectivity index (χ0n) is 15.1. The van der Waals surface area contributed by atoms with Gasteiger partial charge in [0.25, 0.3) is 0 Å². The summed E-state index contributed by atoms with van der Waals surface area (Å²) in [5.41, 5.74) is 3.07. The van der Waals surface area contributed by atoms with E-state index in [9.17, 15) is 13.2 Å². The molecule has 138 valence electrons. The predicted octanol–water partition coefficient (Wildman–Crippen LogP) is 2.47. The van der Waals surface area contributed by atoms with Gasteiger partial charge < -0.3 is 4.90 Å². The Bertz CT molecular complexity index is 881. The summed E-state index contributed by atoms with van der Waals surface area (Å²) < 4.78 is 25.6. The number of anilines is 1. The van der Waals surface area contributed by atoms with E-state index in [4.69, 9.17) is 0 Å². The summed E-state index contributed by atoms with van der Waals surface area (Å²) in [4.78, 5) is 14.6. The normalized spacial score (nSPS) is 16.7. The molecule has 0 fully saturated rings. The van der Waals surface area contributed by atoms with Gasteiger partial charge in [-0.05, 0) is 37.0 Å². The standard InChI is InChI=1S/C20H24N2O3S/c1-16-14-18-10-6-7-11-19(18)22(16)20(23)15-21(26(2,24)25)13-12-17-8-4-3-5-9-17/h3-11,16H,12-15H2,1-2H3. The maximum Gasteiger partial charge on any atom is 0.242 e. The number of carbonyl (C=O) groups is 1. The molecule has 26 heavy (non-hydrogen) atoms. The molecule has 0 saturated carbocycles. The molecule has 2 aromatic carbocycles. The monoisotopic (exact) mass is 372 g/mol. The maximum atomic E-state index is 12.9. The van der Waals surface area contributed by atoms with Gasteiger partial charge in [-0.15, -0.1) is 0 Å². The maximum absolute atomic E-state index is 12.9. The molecule has 0 aliphatic carbocycles. The minimum atomic E-state index is -3.47. The highest BCUT2D eigenvalue weighted by atomic mass is 32.2. The van der Waals surface area contributed by atoms with Crippen molar-refractivity contribution in [3.05, 3.63) is 65.7 Å². The first-order valence-corrected chi connectivity index (χ1v) is 10.6. The van der Waals surface area contributed by atoms with Gasteiger partial charge in [-0.25, -0.2) is 8.42 Å². The molecule has 1 heterocycles. The van der Waals surface area contributed by atoms with E-state index in [0.29, 0.717) is 13.0 Å². The van der Waals surface area contributed by atoms with Crippen LogP contribution in [0.25, 0.3) is 0 Å². The van der Waals surface area contributed by atoms with Crippen molar-refractivity contribution < 1.29 is 13.2 Å². The number of amides is 1. The van der Waals surface area contributed by atoms with Gasteiger partial charge in [-0.3, -0.25) is 4.79 Å². The molecule has 6 heteroatoms. The number of rotatable bonds is 6. The van der Waals surface area contributed by atoms with E-state index < -0.39 is 10.0 Å². The Morgan fingerprint density at radius 3 is 2.46 bits per heavy atom. The molecular weight excluding hydrogens is 348 g/mol. The van der Waals surface area contributed by atoms with Crippen LogP contribution in [0.3, 0.4) is 0 Å². The third-order valence-electron chi connectivity index (χ3n) is 4.75. The van der Waals surface area contributed by atoms with E-state index >= 15 is 0 Å². The highest BCUT2D eigenvalue weighted by molar-refractivity contribution is 7.88. The molecule has 0 aromatic heterocycles. The number of fused-ring (bicyclic) bond motifs is 1. The summed E-state index contributed by atoms with van der Waals surface area (Å²) in [6, 6.07) is 17.5. The van der Waals surface area contributed by atoms with Crippen LogP contribution in [0.5, 0.6) is 0 Å². The van der Waals surface area contributed by atoms with Gasteiger partial charge in [-0.1, -0.05) is 48.5 Å². The van der Waals surface area contributed by atoms with Crippen LogP contribution in [0.4, 0.5) is 5.69 Å². The zero-order chi connectivity index (χ0) is 18.7. The number of benzene rings is 2. The Hall–Kier alpha value is -2.18. The van der Waals surface area contributed by atoms with E-state index in [-0.39, 0.29) is 18.5 Å². The first-order valence-electron chi connectivity index (χ1n) is 8.75. The topological polar surface area (TPSA) is 57.7 Å². The fraction of sp³-hybridized carbons (Fsp3) is 0.350. The molecule has 1 amide bonds. The lowest BCUT2D eigenvalue weighted by atomic mass is 10.1. The third kappa shape index (κ3) is 4.14. The summed E-state index contributed by atoms with van der Waals surface area (Å²) in [5.74, 6) is -0.180. The van der Waals surface area contributed by atoms with Crippen molar-refractivity contribution in [1.29, 1.82) is 0 Å². The van der Waals surface area contributed by atoms with Crippen LogP contribution < -0.4 is 4.90 Å². The molecule has 0 bridgehead atoms. The van der Waals surface area contributed by atoms with Crippen molar-refractivity contribution in [3.63, 3.8) is 0 Å². The van der Waals surface area contributed by atoms with Gasteiger partial charge in [0, 0.05) is 18.3 Å². The minimum absolute atomic E-state index is 0.0374. The molecule has 1 unspecified atom stereocenters. The van der Waals surface area contributed by atoms with Crippen molar-refractivity contribution >= 4 is 21.6 Å². The van der Waals surface area contributed by atoms with Crippen molar-refractivity contribution in [3.8, 4) is 0 Å². The van der Waals surface area contributed by atoms with Crippen LogP contribution in [-0.4, -0.2) is 44.0 Å². The van der Waals surface area contributed by atoms with E-state index in [1.54, 1.807) is 4.90 Å². The van der Waals surface area contributed by atoms with Crippen LogP contribution in [0.15, 0.2) is 54.6 Å². The smallest absolute Gasteiger partial charge is 0.242 e. The van der Waals surface area contributed by atoms with Crippen molar-refractivity contribution in [2.24, 2.45) is 0 Å². The summed E-state index contributed by atoms with van der Waals surface area (Å²) in [5, 5.41) is 0. The van der Waals surface area contributed by atoms with Crippen molar-refractivity contribution in [2.45, 2.75) is 25.8 Å². The van der Waals surface area contributed by atoms with Crippen LogP contribution in [-0.2, 0) is 27.7 Å². The first kappa shape index (κ1) is 18.6. The van der Waals surface area contributed by atoms with Crippen molar-refractivity contribution in [1.82, 2.24) is 4.31 Å². The molecule has 0 N–H and O–H groups in total. The summed E-state index contributed by atoms with van der Waals surface area (Å²) in [7, 11) is -3.47. The van der Waals surface area contributed by atoms with Gasteiger partial charge in [0.2, 0.25) is 15.9 Å². The van der Waals surface area contributed by atoms with E-state index in [0.717, 1.165) is 29.5 Å². The Balaban J connectivity index is 1.74. The number of hydrogen-bond acceptors (Lipinski definition) is 3. The second kappa shape index (κ2) is 7.60. The first-order chi connectivity index (χ1) is 12.4. The Morgan fingerprint density at radius 2 is 1.77 bits per heavy atom. The Morgan fingerprint density at radius 1 is 1.12 bits per heavy atom. The van der Waals surface area contributed by atoms with Gasteiger partial charge in [0.1, 0.15) is 0 Å². The lowest BCUT2D eigenvalue weighted by Crippen LogP contribution is -2.45. The lowest BCUT2D eigenvalue weighted by Gasteiger charge is -2.26. The van der Waals surface area contributed by atoms with E-state index in [1.807, 2.05) is 61.5 Å².